The Morgan fingerprint density at radius 1 is 1.43 bits per heavy atom. The number of anilines is 1. The molecule has 0 spiro atoms. The molecule has 0 heterocycles. The average Bonchev–Trinajstić information content (AvgIpc) is 2.73. The summed E-state index contributed by atoms with van der Waals surface area (Å²) in [4.78, 5) is 0. The van der Waals surface area contributed by atoms with E-state index in [0.29, 0.717) is 5.41 Å². The quantitative estimate of drug-likeness (QED) is 0.799. The maximum absolute atomic E-state index is 6.04. The fourth-order valence-electron chi connectivity index (χ4n) is 1.76. The molecule has 0 radical (unpaired) electrons. The maximum atomic E-state index is 6.04. The topological polar surface area (TPSA) is 12.0 Å². The van der Waals surface area contributed by atoms with E-state index in [1.54, 1.807) is 0 Å². The zero-order chi connectivity index (χ0) is 10.2. The summed E-state index contributed by atoms with van der Waals surface area (Å²) in [5.41, 5.74) is 1.59. The molecular formula is C12H16ClN. The molecule has 1 aliphatic carbocycles. The van der Waals surface area contributed by atoms with Crippen LogP contribution in [0.1, 0.15) is 20.3 Å². The number of rotatable bonds is 3. The van der Waals surface area contributed by atoms with E-state index in [1.165, 1.54) is 6.42 Å². The van der Waals surface area contributed by atoms with Gasteiger partial charge in [0, 0.05) is 6.54 Å². The van der Waals surface area contributed by atoms with E-state index in [1.807, 2.05) is 24.3 Å². The van der Waals surface area contributed by atoms with Crippen molar-refractivity contribution >= 4 is 17.3 Å². The number of nitrogens with one attached hydrogen (secondary N) is 1. The van der Waals surface area contributed by atoms with E-state index in [9.17, 15) is 0 Å². The van der Waals surface area contributed by atoms with Gasteiger partial charge in [-0.25, -0.2) is 0 Å². The molecule has 1 aromatic rings. The van der Waals surface area contributed by atoms with Crippen LogP contribution in [0, 0.1) is 11.3 Å². The van der Waals surface area contributed by atoms with Gasteiger partial charge in [0.05, 0.1) is 10.7 Å². The Bertz CT molecular complexity index is 333. The lowest BCUT2D eigenvalue weighted by molar-refractivity contribution is 0.573. The lowest BCUT2D eigenvalue weighted by Crippen LogP contribution is -2.07. The van der Waals surface area contributed by atoms with Crippen molar-refractivity contribution in [3.63, 3.8) is 0 Å². The summed E-state index contributed by atoms with van der Waals surface area (Å²) in [7, 11) is 0. The molecule has 1 aliphatic rings. The molecule has 1 aromatic carbocycles. The van der Waals surface area contributed by atoms with E-state index >= 15 is 0 Å². The minimum atomic E-state index is 0.536. The molecular weight excluding hydrogens is 194 g/mol. The second kappa shape index (κ2) is 3.47. The first kappa shape index (κ1) is 9.85. The Morgan fingerprint density at radius 2 is 2.07 bits per heavy atom. The molecule has 1 fully saturated rings. The summed E-state index contributed by atoms with van der Waals surface area (Å²) in [5.74, 6) is 0.804. The largest absolute Gasteiger partial charge is 0.384 e. The van der Waals surface area contributed by atoms with Gasteiger partial charge in [0.2, 0.25) is 0 Å². The van der Waals surface area contributed by atoms with Crippen LogP contribution in [0.2, 0.25) is 5.02 Å². The molecule has 1 saturated carbocycles. The number of benzene rings is 1. The van der Waals surface area contributed by atoms with Crippen LogP contribution in [-0.2, 0) is 0 Å². The lowest BCUT2D eigenvalue weighted by atomic mass is 10.1. The van der Waals surface area contributed by atoms with Crippen LogP contribution in [0.3, 0.4) is 0 Å². The summed E-state index contributed by atoms with van der Waals surface area (Å²) in [6.45, 7) is 5.66. The molecule has 1 atom stereocenters. The monoisotopic (exact) mass is 209 g/mol. The van der Waals surface area contributed by atoms with Gasteiger partial charge in [-0.2, -0.15) is 0 Å². The number of para-hydroxylation sites is 1. The molecule has 76 valence electrons. The van der Waals surface area contributed by atoms with Gasteiger partial charge in [0.25, 0.3) is 0 Å². The van der Waals surface area contributed by atoms with E-state index in [2.05, 4.69) is 19.2 Å². The van der Waals surface area contributed by atoms with Gasteiger partial charge in [-0.1, -0.05) is 37.6 Å². The summed E-state index contributed by atoms with van der Waals surface area (Å²) >= 11 is 6.04. The smallest absolute Gasteiger partial charge is 0.0637 e. The minimum absolute atomic E-state index is 0.536. The van der Waals surface area contributed by atoms with Crippen LogP contribution in [0.25, 0.3) is 0 Å². The van der Waals surface area contributed by atoms with E-state index in [4.69, 9.17) is 11.6 Å². The zero-order valence-corrected chi connectivity index (χ0v) is 9.43. The van der Waals surface area contributed by atoms with Crippen LogP contribution in [0.5, 0.6) is 0 Å². The normalized spacial score (nSPS) is 23.2. The lowest BCUT2D eigenvalue weighted by Gasteiger charge is -2.08. The number of hydrogen-bond donors (Lipinski definition) is 1. The van der Waals surface area contributed by atoms with Crippen molar-refractivity contribution in [1.82, 2.24) is 0 Å². The highest BCUT2D eigenvalue weighted by Gasteiger charge is 2.44. The van der Waals surface area contributed by atoms with Gasteiger partial charge in [0.15, 0.2) is 0 Å². The Morgan fingerprint density at radius 3 is 2.64 bits per heavy atom. The standard InChI is InChI=1S/C12H16ClN/c1-12(2)7-9(12)8-14-11-6-4-3-5-10(11)13/h3-6,9,14H,7-8H2,1-2H3. The fraction of sp³-hybridized carbons (Fsp3) is 0.500. The molecule has 0 amide bonds. The molecule has 14 heavy (non-hydrogen) atoms. The van der Waals surface area contributed by atoms with Gasteiger partial charge in [0.1, 0.15) is 0 Å². The Hall–Kier alpha value is -0.690. The molecule has 2 heteroatoms. The molecule has 1 unspecified atom stereocenters. The van der Waals surface area contributed by atoms with E-state index in [0.717, 1.165) is 23.2 Å². The predicted octanol–water partition coefficient (Wildman–Crippen LogP) is 3.80. The summed E-state index contributed by atoms with van der Waals surface area (Å²) in [6, 6.07) is 7.90. The van der Waals surface area contributed by atoms with Crippen molar-refractivity contribution in [2.24, 2.45) is 11.3 Å². The first-order valence-corrected chi connectivity index (χ1v) is 5.46. The average molecular weight is 210 g/mol. The fourth-order valence-corrected chi connectivity index (χ4v) is 1.96. The molecule has 0 saturated heterocycles. The van der Waals surface area contributed by atoms with Gasteiger partial charge in [-0.15, -0.1) is 0 Å². The van der Waals surface area contributed by atoms with Crippen LogP contribution in [-0.4, -0.2) is 6.54 Å². The van der Waals surface area contributed by atoms with Crippen LogP contribution in [0.15, 0.2) is 24.3 Å². The second-order valence-corrected chi connectivity index (χ2v) is 5.16. The maximum Gasteiger partial charge on any atom is 0.0637 e. The number of hydrogen-bond acceptors (Lipinski definition) is 1. The zero-order valence-electron chi connectivity index (χ0n) is 8.68. The van der Waals surface area contributed by atoms with Gasteiger partial charge in [-0.3, -0.25) is 0 Å². The highest BCUT2D eigenvalue weighted by Crippen LogP contribution is 2.51. The third kappa shape index (κ3) is 2.03. The first-order valence-electron chi connectivity index (χ1n) is 5.08. The van der Waals surface area contributed by atoms with Crippen molar-refractivity contribution in [1.29, 1.82) is 0 Å². The summed E-state index contributed by atoms with van der Waals surface area (Å²) < 4.78 is 0. The van der Waals surface area contributed by atoms with Crippen LogP contribution < -0.4 is 5.32 Å². The Kier molecular flexibility index (Phi) is 2.44. The number of halogens is 1. The molecule has 2 rings (SSSR count). The Labute approximate surface area is 90.5 Å². The third-order valence-corrected chi connectivity index (χ3v) is 3.46. The van der Waals surface area contributed by atoms with Crippen LogP contribution >= 0.6 is 11.6 Å². The van der Waals surface area contributed by atoms with Crippen molar-refractivity contribution in [2.75, 3.05) is 11.9 Å². The van der Waals surface area contributed by atoms with Crippen molar-refractivity contribution in [3.05, 3.63) is 29.3 Å². The van der Waals surface area contributed by atoms with Crippen molar-refractivity contribution < 1.29 is 0 Å². The van der Waals surface area contributed by atoms with Crippen molar-refractivity contribution in [2.45, 2.75) is 20.3 Å². The third-order valence-electron chi connectivity index (χ3n) is 3.13. The molecule has 1 nitrogen and oxygen atoms in total. The van der Waals surface area contributed by atoms with Crippen molar-refractivity contribution in [3.8, 4) is 0 Å². The van der Waals surface area contributed by atoms with Gasteiger partial charge in [-0.05, 0) is 29.9 Å². The minimum Gasteiger partial charge on any atom is -0.384 e. The van der Waals surface area contributed by atoms with E-state index < -0.39 is 0 Å². The van der Waals surface area contributed by atoms with Gasteiger partial charge >= 0.3 is 0 Å². The first-order chi connectivity index (χ1) is 6.59. The molecule has 0 aromatic heterocycles. The second-order valence-electron chi connectivity index (χ2n) is 4.75. The molecule has 0 bridgehead atoms. The molecule has 1 N–H and O–H groups in total. The highest BCUT2D eigenvalue weighted by atomic mass is 35.5. The van der Waals surface area contributed by atoms with Gasteiger partial charge < -0.3 is 5.32 Å². The van der Waals surface area contributed by atoms with E-state index in [-0.39, 0.29) is 0 Å². The highest BCUT2D eigenvalue weighted by molar-refractivity contribution is 6.33. The molecule has 0 aliphatic heterocycles. The summed E-state index contributed by atoms with van der Waals surface area (Å²) in [6.07, 6.45) is 1.32. The SMILES string of the molecule is CC1(C)CC1CNc1ccccc1Cl. The summed E-state index contributed by atoms with van der Waals surface area (Å²) in [5, 5.41) is 4.21. The predicted molar refractivity (Wildman–Crippen MR) is 61.8 cm³/mol. The Balaban J connectivity index is 1.90. The van der Waals surface area contributed by atoms with Crippen LogP contribution in [0.4, 0.5) is 5.69 Å².